The molecule has 0 aliphatic carbocycles. The highest BCUT2D eigenvalue weighted by atomic mass is 16.5. The largest absolute Gasteiger partial charge is 0.464 e. The summed E-state index contributed by atoms with van der Waals surface area (Å²) in [7, 11) is 0. The molecular formula is C18H13NO2. The van der Waals surface area contributed by atoms with E-state index in [0.29, 0.717) is 11.3 Å². The van der Waals surface area contributed by atoms with Crippen LogP contribution in [0.15, 0.2) is 67.1 Å². The van der Waals surface area contributed by atoms with Crippen molar-refractivity contribution in [2.45, 2.75) is 6.10 Å². The Hall–Kier alpha value is -2.65. The number of aromatic nitrogens is 1. The third-order valence-corrected chi connectivity index (χ3v) is 3.77. The Morgan fingerprint density at radius 3 is 2.67 bits per heavy atom. The van der Waals surface area contributed by atoms with Gasteiger partial charge in [0, 0.05) is 17.3 Å². The molecule has 0 saturated heterocycles. The smallest absolute Gasteiger partial charge is 0.133 e. The number of benzene rings is 2. The van der Waals surface area contributed by atoms with E-state index >= 15 is 0 Å². The minimum absolute atomic E-state index is 0.680. The molecule has 0 bridgehead atoms. The third-order valence-electron chi connectivity index (χ3n) is 3.77. The van der Waals surface area contributed by atoms with E-state index in [1.54, 1.807) is 12.5 Å². The van der Waals surface area contributed by atoms with Gasteiger partial charge in [-0.3, -0.25) is 4.98 Å². The van der Waals surface area contributed by atoms with Crippen LogP contribution in [-0.4, -0.2) is 10.1 Å². The van der Waals surface area contributed by atoms with Crippen molar-refractivity contribution in [2.24, 2.45) is 0 Å². The summed E-state index contributed by atoms with van der Waals surface area (Å²) in [6.07, 6.45) is 2.56. The van der Waals surface area contributed by atoms with Crippen molar-refractivity contribution in [2.75, 3.05) is 0 Å². The molecule has 0 spiro atoms. The molecule has 3 nitrogen and oxygen atoms in total. The number of aliphatic hydroxyl groups is 1. The number of rotatable bonds is 1. The molecule has 21 heavy (non-hydrogen) atoms. The van der Waals surface area contributed by atoms with E-state index in [9.17, 15) is 5.11 Å². The number of aliphatic hydroxyl groups excluding tert-OH is 1. The Balaban J connectivity index is 1.90. The number of ether oxygens (including phenoxy) is 1. The summed E-state index contributed by atoms with van der Waals surface area (Å²) in [6.45, 7) is 0. The molecule has 1 aliphatic rings. The van der Waals surface area contributed by atoms with Crippen LogP contribution in [-0.2, 0) is 0 Å². The monoisotopic (exact) mass is 275 g/mol. The van der Waals surface area contributed by atoms with Crippen LogP contribution in [0.3, 0.4) is 0 Å². The summed E-state index contributed by atoms with van der Waals surface area (Å²) in [4.78, 5) is 4.30. The second-order valence-corrected chi connectivity index (χ2v) is 5.01. The van der Waals surface area contributed by atoms with E-state index in [1.165, 1.54) is 0 Å². The number of hydrogen-bond donors (Lipinski definition) is 1. The molecule has 0 fully saturated rings. The first-order valence-corrected chi connectivity index (χ1v) is 6.82. The summed E-state index contributed by atoms with van der Waals surface area (Å²) in [6, 6.07) is 17.5. The fraction of sp³-hybridized carbons (Fsp3) is 0.0556. The summed E-state index contributed by atoms with van der Waals surface area (Å²) in [5.74, 6) is 0.695. The van der Waals surface area contributed by atoms with Gasteiger partial charge in [-0.25, -0.2) is 0 Å². The summed E-state index contributed by atoms with van der Waals surface area (Å²) < 4.78 is 5.71. The van der Waals surface area contributed by atoms with Gasteiger partial charge < -0.3 is 9.84 Å². The zero-order valence-electron chi connectivity index (χ0n) is 11.2. The van der Waals surface area contributed by atoms with Gasteiger partial charge in [0.25, 0.3) is 0 Å². The average molecular weight is 275 g/mol. The lowest BCUT2D eigenvalue weighted by Crippen LogP contribution is -2.10. The molecule has 1 atom stereocenters. The van der Waals surface area contributed by atoms with E-state index in [0.717, 1.165) is 22.0 Å². The van der Waals surface area contributed by atoms with Crippen molar-refractivity contribution in [3.8, 4) is 5.75 Å². The first-order valence-electron chi connectivity index (χ1n) is 6.82. The molecule has 0 saturated carbocycles. The molecule has 1 N–H and O–H groups in total. The Morgan fingerprint density at radius 2 is 1.81 bits per heavy atom. The van der Waals surface area contributed by atoms with E-state index in [-0.39, 0.29) is 0 Å². The highest BCUT2D eigenvalue weighted by Crippen LogP contribution is 2.42. The number of nitrogens with zero attached hydrogens (tertiary/aromatic N) is 1. The number of fused-ring (bicyclic) bond motifs is 3. The normalized spacial score (nSPS) is 17.0. The fourth-order valence-corrected chi connectivity index (χ4v) is 2.74. The van der Waals surface area contributed by atoms with E-state index in [4.69, 9.17) is 4.74 Å². The minimum atomic E-state index is -0.741. The Morgan fingerprint density at radius 1 is 0.952 bits per heavy atom. The Labute approximate surface area is 122 Å². The second kappa shape index (κ2) is 4.72. The van der Waals surface area contributed by atoms with E-state index < -0.39 is 6.10 Å². The lowest BCUT2D eigenvalue weighted by Gasteiger charge is -2.24. The standard InChI is InChI=1S/C18H13NO2/c20-18-14(15-7-3-4-10-19-15)11-21-16-9-8-12-5-1-2-6-13(12)17(16)18/h1-11,18,20H. The van der Waals surface area contributed by atoms with Gasteiger partial charge in [-0.1, -0.05) is 36.4 Å². The van der Waals surface area contributed by atoms with Crippen LogP contribution in [0.25, 0.3) is 16.3 Å². The molecule has 2 heterocycles. The van der Waals surface area contributed by atoms with Crippen molar-refractivity contribution >= 4 is 16.3 Å². The molecule has 102 valence electrons. The van der Waals surface area contributed by atoms with Crippen LogP contribution in [0.1, 0.15) is 17.4 Å². The topological polar surface area (TPSA) is 42.4 Å². The van der Waals surface area contributed by atoms with Gasteiger partial charge in [0.05, 0.1) is 12.0 Å². The van der Waals surface area contributed by atoms with Crippen molar-refractivity contribution in [1.82, 2.24) is 4.98 Å². The zero-order chi connectivity index (χ0) is 14.2. The molecule has 0 radical (unpaired) electrons. The minimum Gasteiger partial charge on any atom is -0.464 e. The van der Waals surface area contributed by atoms with Gasteiger partial charge >= 0.3 is 0 Å². The molecule has 1 aromatic heterocycles. The van der Waals surface area contributed by atoms with Gasteiger partial charge in [0.2, 0.25) is 0 Å². The molecular weight excluding hydrogens is 262 g/mol. The molecule has 3 heteroatoms. The maximum absolute atomic E-state index is 10.8. The number of hydrogen-bond acceptors (Lipinski definition) is 3. The fourth-order valence-electron chi connectivity index (χ4n) is 2.74. The van der Waals surface area contributed by atoms with Crippen LogP contribution in [0.5, 0.6) is 5.75 Å². The molecule has 4 rings (SSSR count). The maximum Gasteiger partial charge on any atom is 0.133 e. The highest BCUT2D eigenvalue weighted by Gasteiger charge is 2.26. The average Bonchev–Trinajstić information content (AvgIpc) is 2.55. The molecule has 1 aliphatic heterocycles. The van der Waals surface area contributed by atoms with Gasteiger partial charge in [-0.2, -0.15) is 0 Å². The van der Waals surface area contributed by atoms with Crippen molar-refractivity contribution in [3.05, 3.63) is 78.3 Å². The summed E-state index contributed by atoms with van der Waals surface area (Å²) in [5, 5.41) is 12.9. The quantitative estimate of drug-likeness (QED) is 0.736. The summed E-state index contributed by atoms with van der Waals surface area (Å²) >= 11 is 0. The number of pyridine rings is 1. The van der Waals surface area contributed by atoms with Gasteiger partial charge in [0.1, 0.15) is 11.9 Å². The van der Waals surface area contributed by atoms with Crippen LogP contribution in [0.4, 0.5) is 0 Å². The van der Waals surface area contributed by atoms with Crippen LogP contribution in [0, 0.1) is 0 Å². The Bertz CT molecular complexity index is 840. The van der Waals surface area contributed by atoms with Crippen molar-refractivity contribution < 1.29 is 9.84 Å². The lowest BCUT2D eigenvalue weighted by molar-refractivity contribution is 0.225. The first kappa shape index (κ1) is 12.1. The predicted octanol–water partition coefficient (Wildman–Crippen LogP) is 3.70. The molecule has 1 unspecified atom stereocenters. The van der Waals surface area contributed by atoms with Gasteiger partial charge in [0.15, 0.2) is 0 Å². The second-order valence-electron chi connectivity index (χ2n) is 5.01. The van der Waals surface area contributed by atoms with E-state index in [2.05, 4.69) is 4.98 Å². The lowest BCUT2D eigenvalue weighted by atomic mass is 9.92. The highest BCUT2D eigenvalue weighted by molar-refractivity contribution is 5.91. The van der Waals surface area contributed by atoms with Crippen molar-refractivity contribution in [3.63, 3.8) is 0 Å². The summed E-state index contributed by atoms with van der Waals surface area (Å²) in [5.41, 5.74) is 2.21. The first-order chi connectivity index (χ1) is 10.3. The van der Waals surface area contributed by atoms with Gasteiger partial charge in [-0.05, 0) is 29.0 Å². The molecule has 3 aromatic rings. The molecule has 2 aromatic carbocycles. The predicted molar refractivity (Wildman–Crippen MR) is 81.7 cm³/mol. The Kier molecular flexibility index (Phi) is 2.72. The van der Waals surface area contributed by atoms with Crippen molar-refractivity contribution in [1.29, 1.82) is 0 Å². The SMILES string of the molecule is OC1C(c2ccccn2)=COc2ccc3ccccc3c21. The zero-order valence-corrected chi connectivity index (χ0v) is 11.2. The maximum atomic E-state index is 10.8. The van der Waals surface area contributed by atoms with Gasteiger partial charge in [-0.15, -0.1) is 0 Å². The van der Waals surface area contributed by atoms with Crippen LogP contribution < -0.4 is 4.74 Å². The van der Waals surface area contributed by atoms with E-state index in [1.807, 2.05) is 54.6 Å². The third kappa shape index (κ3) is 1.90. The van der Waals surface area contributed by atoms with Crippen LogP contribution >= 0.6 is 0 Å². The van der Waals surface area contributed by atoms with Crippen LogP contribution in [0.2, 0.25) is 0 Å². The molecule has 0 amide bonds.